The molecule has 2 N–H and O–H groups in total. The molecule has 1 rings (SSSR count). The molecule has 2 nitrogen and oxygen atoms in total. The molecule has 0 radical (unpaired) electrons. The quantitative estimate of drug-likeness (QED) is 0.677. The molecule has 1 aromatic rings. The van der Waals surface area contributed by atoms with Gasteiger partial charge in [0, 0.05) is 10.7 Å². The van der Waals surface area contributed by atoms with Crippen LogP contribution in [-0.4, -0.2) is 4.98 Å². The van der Waals surface area contributed by atoms with Gasteiger partial charge in [-0.2, -0.15) is 0 Å². The summed E-state index contributed by atoms with van der Waals surface area (Å²) in [7, 11) is 0. The molecule has 3 heteroatoms. The first-order chi connectivity index (χ1) is 5.61. The van der Waals surface area contributed by atoms with Crippen LogP contribution < -0.4 is 5.73 Å². The predicted octanol–water partition coefficient (Wildman–Crippen LogP) is 2.96. The largest absolute Gasteiger partial charge is 0.384 e. The summed E-state index contributed by atoms with van der Waals surface area (Å²) in [5.41, 5.74) is 7.32. The summed E-state index contributed by atoms with van der Waals surface area (Å²) in [6.07, 6.45) is 0. The smallest absolute Gasteiger partial charge is 0.125 e. The summed E-state index contributed by atoms with van der Waals surface area (Å²) >= 11 is 5.80. The van der Waals surface area contributed by atoms with Gasteiger partial charge in [-0.25, -0.2) is 4.98 Å². The summed E-state index contributed by atoms with van der Waals surface area (Å²) in [6.45, 7) is 7.81. The number of nitrogen functional groups attached to an aromatic ring is 1. The lowest BCUT2D eigenvalue weighted by Gasteiger charge is -2.01. The van der Waals surface area contributed by atoms with Gasteiger partial charge in [0.15, 0.2) is 0 Å². The van der Waals surface area contributed by atoms with E-state index < -0.39 is 0 Å². The Balaban J connectivity index is 0.000000561. The molecule has 12 heavy (non-hydrogen) atoms. The molecule has 68 valence electrons. The third-order valence-corrected chi connectivity index (χ3v) is 1.86. The van der Waals surface area contributed by atoms with Crippen molar-refractivity contribution in [2.75, 3.05) is 5.73 Å². The Hall–Kier alpha value is -0.760. The highest BCUT2D eigenvalue weighted by molar-refractivity contribution is 6.31. The fourth-order valence-electron chi connectivity index (χ4n) is 0.721. The van der Waals surface area contributed by atoms with Crippen LogP contribution in [0.4, 0.5) is 5.82 Å². The third-order valence-electron chi connectivity index (χ3n) is 1.47. The van der Waals surface area contributed by atoms with E-state index in [1.165, 1.54) is 0 Å². The minimum absolute atomic E-state index is 0.480. The first-order valence-electron chi connectivity index (χ1n) is 4.00. The second-order valence-corrected chi connectivity index (χ2v) is 2.65. The Morgan fingerprint density at radius 2 is 1.83 bits per heavy atom. The summed E-state index contributed by atoms with van der Waals surface area (Å²) in [4.78, 5) is 4.03. The van der Waals surface area contributed by atoms with Gasteiger partial charge in [0.1, 0.15) is 5.82 Å². The first-order valence-corrected chi connectivity index (χ1v) is 4.38. The Bertz CT molecular complexity index is 236. The van der Waals surface area contributed by atoms with Crippen molar-refractivity contribution in [3.05, 3.63) is 22.3 Å². The van der Waals surface area contributed by atoms with Crippen molar-refractivity contribution in [2.24, 2.45) is 0 Å². The van der Waals surface area contributed by atoms with E-state index in [1.54, 1.807) is 6.07 Å². The number of pyridine rings is 1. The van der Waals surface area contributed by atoms with Crippen LogP contribution in [0.25, 0.3) is 0 Å². The van der Waals surface area contributed by atoms with Crippen LogP contribution in [0.15, 0.2) is 6.07 Å². The zero-order valence-corrected chi connectivity index (χ0v) is 8.74. The highest BCUT2D eigenvalue weighted by Gasteiger charge is 1.99. The third kappa shape index (κ3) is 2.70. The molecule has 0 aliphatic rings. The van der Waals surface area contributed by atoms with Crippen LogP contribution in [0, 0.1) is 13.8 Å². The number of nitrogens with two attached hydrogens (primary N) is 1. The number of hydrogen-bond donors (Lipinski definition) is 1. The molecule has 0 aliphatic carbocycles. The summed E-state index contributed by atoms with van der Waals surface area (Å²) in [6, 6.07) is 1.66. The molecule has 0 atom stereocenters. The fourth-order valence-corrected chi connectivity index (χ4v) is 0.969. The van der Waals surface area contributed by atoms with Crippen LogP contribution in [0.1, 0.15) is 25.1 Å². The normalized spacial score (nSPS) is 8.75. The van der Waals surface area contributed by atoms with Crippen molar-refractivity contribution in [3.63, 3.8) is 0 Å². The number of halogens is 1. The lowest BCUT2D eigenvalue weighted by Crippen LogP contribution is -1.94. The van der Waals surface area contributed by atoms with E-state index in [-0.39, 0.29) is 0 Å². The number of anilines is 1. The molecule has 1 aromatic heterocycles. The van der Waals surface area contributed by atoms with Crippen LogP contribution in [-0.2, 0) is 0 Å². The Morgan fingerprint density at radius 3 is 2.25 bits per heavy atom. The minimum atomic E-state index is 0.480. The van der Waals surface area contributed by atoms with Crippen molar-refractivity contribution in [3.8, 4) is 0 Å². The number of rotatable bonds is 0. The van der Waals surface area contributed by atoms with Gasteiger partial charge >= 0.3 is 0 Å². The monoisotopic (exact) mass is 186 g/mol. The zero-order chi connectivity index (χ0) is 9.72. The standard InChI is InChI=1S/C7H9ClN2.C2H6/c1-4-5(2)10-7(9)3-6(4)8;1-2/h3H,1-2H3,(H2,9,10);1-2H3. The van der Waals surface area contributed by atoms with Gasteiger partial charge in [-0.15, -0.1) is 0 Å². The highest BCUT2D eigenvalue weighted by Crippen LogP contribution is 2.18. The van der Waals surface area contributed by atoms with E-state index >= 15 is 0 Å². The topological polar surface area (TPSA) is 38.9 Å². The maximum Gasteiger partial charge on any atom is 0.125 e. The summed E-state index contributed by atoms with van der Waals surface area (Å²) < 4.78 is 0. The Kier molecular flexibility index (Phi) is 4.67. The number of aryl methyl sites for hydroxylation is 1. The van der Waals surface area contributed by atoms with E-state index in [0.717, 1.165) is 11.3 Å². The SMILES string of the molecule is CC.Cc1nc(N)cc(Cl)c1C. The number of hydrogen-bond acceptors (Lipinski definition) is 2. The van der Waals surface area contributed by atoms with E-state index in [2.05, 4.69) is 4.98 Å². The van der Waals surface area contributed by atoms with Gasteiger partial charge in [-0.3, -0.25) is 0 Å². The Labute approximate surface area is 78.8 Å². The van der Waals surface area contributed by atoms with Crippen LogP contribution in [0.3, 0.4) is 0 Å². The molecule has 0 aromatic carbocycles. The molecule has 0 fully saturated rings. The average molecular weight is 187 g/mol. The molecule has 0 spiro atoms. The molecule has 0 amide bonds. The maximum atomic E-state index is 5.80. The second kappa shape index (κ2) is 4.99. The number of aromatic nitrogens is 1. The average Bonchev–Trinajstić information content (AvgIpc) is 2.04. The van der Waals surface area contributed by atoms with Crippen LogP contribution in [0.5, 0.6) is 0 Å². The molecule has 0 saturated heterocycles. The number of nitrogens with zero attached hydrogens (tertiary/aromatic N) is 1. The predicted molar refractivity (Wildman–Crippen MR) is 54.5 cm³/mol. The van der Waals surface area contributed by atoms with E-state index in [9.17, 15) is 0 Å². The molecular weight excluding hydrogens is 172 g/mol. The van der Waals surface area contributed by atoms with E-state index in [1.807, 2.05) is 27.7 Å². The van der Waals surface area contributed by atoms with Gasteiger partial charge < -0.3 is 5.73 Å². The molecule has 0 unspecified atom stereocenters. The van der Waals surface area contributed by atoms with Gasteiger partial charge in [-0.1, -0.05) is 25.4 Å². The molecule has 0 bridgehead atoms. The molecule has 1 heterocycles. The van der Waals surface area contributed by atoms with Crippen molar-refractivity contribution in [2.45, 2.75) is 27.7 Å². The summed E-state index contributed by atoms with van der Waals surface area (Å²) in [5, 5.41) is 0.685. The zero-order valence-electron chi connectivity index (χ0n) is 7.98. The van der Waals surface area contributed by atoms with Crippen LogP contribution >= 0.6 is 11.6 Å². The van der Waals surface area contributed by atoms with Crippen molar-refractivity contribution in [1.82, 2.24) is 4.98 Å². The van der Waals surface area contributed by atoms with Crippen molar-refractivity contribution < 1.29 is 0 Å². The van der Waals surface area contributed by atoms with E-state index in [0.29, 0.717) is 10.8 Å². The van der Waals surface area contributed by atoms with Gasteiger partial charge in [0.05, 0.1) is 0 Å². The summed E-state index contributed by atoms with van der Waals surface area (Å²) in [5.74, 6) is 0.480. The Morgan fingerprint density at radius 1 is 1.33 bits per heavy atom. The van der Waals surface area contributed by atoms with Gasteiger partial charge in [-0.05, 0) is 25.5 Å². The lowest BCUT2D eigenvalue weighted by atomic mass is 10.2. The highest BCUT2D eigenvalue weighted by atomic mass is 35.5. The molecule has 0 aliphatic heterocycles. The van der Waals surface area contributed by atoms with E-state index in [4.69, 9.17) is 17.3 Å². The van der Waals surface area contributed by atoms with Crippen LogP contribution in [0.2, 0.25) is 5.02 Å². The lowest BCUT2D eigenvalue weighted by molar-refractivity contribution is 1.16. The minimum Gasteiger partial charge on any atom is -0.384 e. The maximum absolute atomic E-state index is 5.80. The van der Waals surface area contributed by atoms with Gasteiger partial charge in [0.25, 0.3) is 0 Å². The van der Waals surface area contributed by atoms with Crippen molar-refractivity contribution >= 4 is 17.4 Å². The second-order valence-electron chi connectivity index (χ2n) is 2.24. The first kappa shape index (κ1) is 11.2. The van der Waals surface area contributed by atoms with Crippen molar-refractivity contribution in [1.29, 1.82) is 0 Å². The fraction of sp³-hybridized carbons (Fsp3) is 0.444. The molecule has 0 saturated carbocycles. The molecular formula is C9H15ClN2. The van der Waals surface area contributed by atoms with Gasteiger partial charge in [0.2, 0.25) is 0 Å².